The number of methoxy groups -OCH3 is 1. The molecule has 8 heteroatoms. The van der Waals surface area contributed by atoms with E-state index in [1.807, 2.05) is 59.5 Å². The summed E-state index contributed by atoms with van der Waals surface area (Å²) in [6, 6.07) is 19.0. The summed E-state index contributed by atoms with van der Waals surface area (Å²) in [5.41, 5.74) is 8.31. The first-order chi connectivity index (χ1) is 17.9. The number of nitrogens with two attached hydrogens (primary N) is 1. The first-order valence-electron chi connectivity index (χ1n) is 12.2. The normalized spacial score (nSPS) is 15.3. The highest BCUT2D eigenvalue weighted by Crippen LogP contribution is 2.40. The average Bonchev–Trinajstić information content (AvgIpc) is 3.39. The topological polar surface area (TPSA) is 97.8 Å². The highest BCUT2D eigenvalue weighted by Gasteiger charge is 2.29. The van der Waals surface area contributed by atoms with E-state index in [0.29, 0.717) is 25.2 Å². The van der Waals surface area contributed by atoms with E-state index in [-0.39, 0.29) is 29.3 Å². The predicted octanol–water partition coefficient (Wildman–Crippen LogP) is 4.35. The van der Waals surface area contributed by atoms with Crippen LogP contribution in [0.15, 0.2) is 71.7 Å². The first-order valence-corrected chi connectivity index (χ1v) is 12.2. The van der Waals surface area contributed by atoms with Crippen molar-refractivity contribution < 1.29 is 19.0 Å². The van der Waals surface area contributed by atoms with Crippen molar-refractivity contribution in [3.05, 3.63) is 94.0 Å². The van der Waals surface area contributed by atoms with Gasteiger partial charge >= 0.3 is 5.97 Å². The summed E-state index contributed by atoms with van der Waals surface area (Å²) in [7, 11) is 1.43. The second-order valence-corrected chi connectivity index (χ2v) is 9.34. The Morgan fingerprint density at radius 1 is 1.14 bits per heavy atom. The quantitative estimate of drug-likeness (QED) is 0.391. The van der Waals surface area contributed by atoms with Crippen LogP contribution in [0.2, 0.25) is 0 Å². The molecule has 190 valence electrons. The summed E-state index contributed by atoms with van der Waals surface area (Å²) in [6.45, 7) is 1.95. The molecular weight excluding hydrogens is 473 g/mol. The minimum Gasteiger partial charge on any atom is -0.492 e. The van der Waals surface area contributed by atoms with Crippen LogP contribution in [0.25, 0.3) is 22.0 Å². The molecule has 1 saturated heterocycles. The van der Waals surface area contributed by atoms with Gasteiger partial charge in [0, 0.05) is 25.8 Å². The minimum absolute atomic E-state index is 0.0338. The van der Waals surface area contributed by atoms with Crippen molar-refractivity contribution in [3.8, 4) is 16.9 Å². The van der Waals surface area contributed by atoms with Gasteiger partial charge < -0.3 is 25.0 Å². The van der Waals surface area contributed by atoms with Gasteiger partial charge in [-0.1, -0.05) is 54.6 Å². The Hall–Kier alpha value is -4.17. The maximum atomic E-state index is 15.5. The van der Waals surface area contributed by atoms with Crippen molar-refractivity contribution in [1.82, 2.24) is 4.57 Å². The molecule has 3 aromatic carbocycles. The molecule has 0 aliphatic carbocycles. The summed E-state index contributed by atoms with van der Waals surface area (Å²) in [5.74, 6) is -1.54. The van der Waals surface area contributed by atoms with Crippen LogP contribution < -0.4 is 20.8 Å². The third-order valence-corrected chi connectivity index (χ3v) is 7.03. The number of hydrogen-bond donors (Lipinski definition) is 2. The van der Waals surface area contributed by atoms with E-state index in [2.05, 4.69) is 0 Å². The Balaban J connectivity index is 1.65. The third kappa shape index (κ3) is 4.56. The van der Waals surface area contributed by atoms with Crippen LogP contribution in [0, 0.1) is 11.7 Å². The van der Waals surface area contributed by atoms with Crippen molar-refractivity contribution in [3.63, 3.8) is 0 Å². The second kappa shape index (κ2) is 10.1. The second-order valence-electron chi connectivity index (χ2n) is 9.34. The van der Waals surface area contributed by atoms with Gasteiger partial charge in [-0.15, -0.1) is 0 Å². The Morgan fingerprint density at radius 3 is 2.46 bits per heavy atom. The molecule has 1 atom stereocenters. The van der Waals surface area contributed by atoms with Gasteiger partial charge in [-0.3, -0.25) is 4.79 Å². The fourth-order valence-corrected chi connectivity index (χ4v) is 5.11. The molecule has 1 fully saturated rings. The molecule has 0 radical (unpaired) electrons. The van der Waals surface area contributed by atoms with Crippen LogP contribution in [-0.4, -0.2) is 42.4 Å². The average molecular weight is 502 g/mol. The molecule has 1 aromatic heterocycles. The molecule has 5 rings (SSSR count). The number of nitrogens with zero attached hydrogens (tertiary/aromatic N) is 2. The van der Waals surface area contributed by atoms with E-state index in [1.165, 1.54) is 13.3 Å². The van der Waals surface area contributed by atoms with E-state index in [0.717, 1.165) is 29.2 Å². The highest BCUT2D eigenvalue weighted by atomic mass is 19.1. The smallest absolute Gasteiger partial charge is 0.341 e. The lowest BCUT2D eigenvalue weighted by Gasteiger charge is -2.25. The highest BCUT2D eigenvalue weighted by molar-refractivity contribution is 5.97. The van der Waals surface area contributed by atoms with E-state index in [4.69, 9.17) is 10.5 Å². The summed E-state index contributed by atoms with van der Waals surface area (Å²) in [4.78, 5) is 26.9. The van der Waals surface area contributed by atoms with Gasteiger partial charge in [0.25, 0.3) is 0 Å². The van der Waals surface area contributed by atoms with E-state index in [1.54, 1.807) is 4.57 Å². The van der Waals surface area contributed by atoms with Gasteiger partial charge in [-0.25, -0.2) is 9.18 Å². The molecule has 0 bridgehead atoms. The molecule has 4 aromatic rings. The standard InChI is InChI=1S/C29H28FN3O4/c1-37-28-25-22(13-24(30)26(28)32-12-11-19(14-31)16-32)27(34)23(29(35)36)17-33(25)15-18-7-9-21(10-8-18)20-5-3-2-4-6-20/h2-10,13,17,19H,11-12,14-16,31H2,1H3,(H,35,36)/t19-/m1/s1. The van der Waals surface area contributed by atoms with Gasteiger partial charge in [0.15, 0.2) is 11.6 Å². The predicted molar refractivity (Wildman–Crippen MR) is 142 cm³/mol. The minimum atomic E-state index is -1.37. The maximum absolute atomic E-state index is 15.5. The summed E-state index contributed by atoms with van der Waals surface area (Å²) in [5, 5.41) is 9.67. The fraction of sp³-hybridized carbons (Fsp3) is 0.241. The van der Waals surface area contributed by atoms with E-state index in [9.17, 15) is 14.7 Å². The number of rotatable bonds is 7. The maximum Gasteiger partial charge on any atom is 0.341 e. The zero-order valence-electron chi connectivity index (χ0n) is 20.5. The summed E-state index contributed by atoms with van der Waals surface area (Å²) < 4.78 is 22.9. The number of carboxylic acids is 1. The fourth-order valence-electron chi connectivity index (χ4n) is 5.11. The van der Waals surface area contributed by atoms with Crippen LogP contribution >= 0.6 is 0 Å². The van der Waals surface area contributed by atoms with Gasteiger partial charge in [-0.05, 0) is 41.6 Å². The number of aromatic carboxylic acids is 1. The van der Waals surface area contributed by atoms with Crippen LogP contribution in [0.3, 0.4) is 0 Å². The zero-order chi connectivity index (χ0) is 26.1. The number of halogens is 1. The van der Waals surface area contributed by atoms with Gasteiger partial charge in [-0.2, -0.15) is 0 Å². The number of aromatic nitrogens is 1. The number of pyridine rings is 1. The molecular formula is C29H28FN3O4. The Labute approximate surface area is 213 Å². The molecule has 7 nitrogen and oxygen atoms in total. The van der Waals surface area contributed by atoms with Crippen molar-refractivity contribution in [2.75, 3.05) is 31.6 Å². The number of carboxylic acid groups (broad SMARTS) is 1. The summed E-state index contributed by atoms with van der Waals surface area (Å²) >= 11 is 0. The van der Waals surface area contributed by atoms with Gasteiger partial charge in [0.05, 0.1) is 18.0 Å². The van der Waals surface area contributed by atoms with Crippen LogP contribution in [0.1, 0.15) is 22.3 Å². The Bertz CT molecular complexity index is 1520. The Morgan fingerprint density at radius 2 is 1.84 bits per heavy atom. The lowest BCUT2D eigenvalue weighted by atomic mass is 10.0. The van der Waals surface area contributed by atoms with Crippen molar-refractivity contribution in [2.24, 2.45) is 11.7 Å². The van der Waals surface area contributed by atoms with Crippen molar-refractivity contribution >= 4 is 22.6 Å². The molecule has 2 heterocycles. The number of ether oxygens (including phenoxy) is 1. The number of anilines is 1. The Kier molecular flexibility index (Phi) is 6.67. The van der Waals surface area contributed by atoms with Crippen LogP contribution in [0.4, 0.5) is 10.1 Å². The molecule has 3 N–H and O–H groups in total. The lowest BCUT2D eigenvalue weighted by Crippen LogP contribution is -2.25. The monoisotopic (exact) mass is 501 g/mol. The third-order valence-electron chi connectivity index (χ3n) is 7.03. The number of benzene rings is 3. The molecule has 0 amide bonds. The largest absolute Gasteiger partial charge is 0.492 e. The molecule has 1 aliphatic rings. The molecule has 1 aliphatic heterocycles. The number of fused-ring (bicyclic) bond motifs is 1. The first kappa shape index (κ1) is 24.5. The van der Waals surface area contributed by atoms with Crippen molar-refractivity contribution in [2.45, 2.75) is 13.0 Å². The van der Waals surface area contributed by atoms with Gasteiger partial charge in [0.1, 0.15) is 11.3 Å². The van der Waals surface area contributed by atoms with E-state index < -0.39 is 22.8 Å². The van der Waals surface area contributed by atoms with Crippen LogP contribution in [0.5, 0.6) is 5.75 Å². The molecule has 37 heavy (non-hydrogen) atoms. The zero-order valence-corrected chi connectivity index (χ0v) is 20.5. The van der Waals surface area contributed by atoms with Crippen molar-refractivity contribution in [1.29, 1.82) is 0 Å². The SMILES string of the molecule is COc1c(N2CC[C@H](CN)C2)c(F)cc2c(=O)c(C(=O)O)cn(Cc3ccc(-c4ccccc4)cc3)c12. The summed E-state index contributed by atoms with van der Waals surface area (Å²) in [6.07, 6.45) is 2.14. The molecule has 0 unspecified atom stereocenters. The molecule has 0 spiro atoms. The van der Waals surface area contributed by atoms with Crippen LogP contribution in [-0.2, 0) is 6.54 Å². The lowest BCUT2D eigenvalue weighted by molar-refractivity contribution is 0.0695. The number of carbonyl (C=O) groups is 1. The van der Waals surface area contributed by atoms with Gasteiger partial charge in [0.2, 0.25) is 5.43 Å². The van der Waals surface area contributed by atoms with E-state index >= 15 is 4.39 Å². The molecule has 0 saturated carbocycles. The number of hydrogen-bond acceptors (Lipinski definition) is 5.